The largest absolute Gasteiger partial charge is 0.350 e. The molecule has 1 saturated heterocycles. The van der Waals surface area contributed by atoms with E-state index in [0.29, 0.717) is 6.04 Å². The smallest absolute Gasteiger partial charge is 0.203 e. The number of aryl methyl sites for hydroxylation is 1. The van der Waals surface area contributed by atoms with Crippen molar-refractivity contribution >= 4 is 5.95 Å². The molecular formula is C8H14N4. The lowest BCUT2D eigenvalue weighted by Crippen LogP contribution is -2.51. The van der Waals surface area contributed by atoms with Crippen LogP contribution in [-0.2, 0) is 6.54 Å². The molecule has 0 saturated carbocycles. The van der Waals surface area contributed by atoms with Gasteiger partial charge in [0.1, 0.15) is 0 Å². The van der Waals surface area contributed by atoms with E-state index in [9.17, 15) is 0 Å². The van der Waals surface area contributed by atoms with Crippen LogP contribution in [-0.4, -0.2) is 28.7 Å². The van der Waals surface area contributed by atoms with Crippen molar-refractivity contribution in [1.29, 1.82) is 0 Å². The second kappa shape index (κ2) is 3.15. The molecule has 66 valence electrons. The second-order valence-electron chi connectivity index (χ2n) is 3.04. The maximum atomic E-state index is 4.23. The van der Waals surface area contributed by atoms with E-state index < -0.39 is 0 Å². The highest BCUT2D eigenvalue weighted by Gasteiger charge is 2.17. The lowest BCUT2D eigenvalue weighted by atomic mass is 10.2. The standard InChI is InChI=1S/C8H14N4/c1-2-12-4-3-10-8(12)11-7-5-9-6-7/h3-4,7,9H,2,5-6H2,1H3,(H,10,11). The highest BCUT2D eigenvalue weighted by Crippen LogP contribution is 2.07. The second-order valence-corrected chi connectivity index (χ2v) is 3.04. The molecule has 4 heteroatoms. The van der Waals surface area contributed by atoms with Crippen molar-refractivity contribution < 1.29 is 0 Å². The summed E-state index contributed by atoms with van der Waals surface area (Å²) < 4.78 is 2.11. The Hall–Kier alpha value is -1.03. The summed E-state index contributed by atoms with van der Waals surface area (Å²) in [6, 6.07) is 0.567. The average molecular weight is 166 g/mol. The van der Waals surface area contributed by atoms with Gasteiger partial charge in [0.25, 0.3) is 0 Å². The molecule has 12 heavy (non-hydrogen) atoms. The van der Waals surface area contributed by atoms with E-state index in [-0.39, 0.29) is 0 Å². The monoisotopic (exact) mass is 166 g/mol. The Kier molecular flexibility index (Phi) is 1.99. The molecule has 2 N–H and O–H groups in total. The Morgan fingerprint density at radius 3 is 3.17 bits per heavy atom. The van der Waals surface area contributed by atoms with Gasteiger partial charge < -0.3 is 15.2 Å². The third kappa shape index (κ3) is 1.30. The van der Waals surface area contributed by atoms with Gasteiger partial charge in [0.2, 0.25) is 5.95 Å². The molecule has 1 aromatic rings. The fourth-order valence-electron chi connectivity index (χ4n) is 1.28. The van der Waals surface area contributed by atoms with Crippen molar-refractivity contribution in [2.75, 3.05) is 18.4 Å². The fourth-order valence-corrected chi connectivity index (χ4v) is 1.28. The van der Waals surface area contributed by atoms with Crippen molar-refractivity contribution in [3.63, 3.8) is 0 Å². The third-order valence-corrected chi connectivity index (χ3v) is 2.17. The summed E-state index contributed by atoms with van der Waals surface area (Å²) in [5.74, 6) is 0.990. The van der Waals surface area contributed by atoms with Crippen LogP contribution >= 0.6 is 0 Å². The van der Waals surface area contributed by atoms with Crippen LogP contribution in [0.4, 0.5) is 5.95 Å². The van der Waals surface area contributed by atoms with Gasteiger partial charge >= 0.3 is 0 Å². The van der Waals surface area contributed by atoms with Crippen molar-refractivity contribution in [3.8, 4) is 0 Å². The van der Waals surface area contributed by atoms with Gasteiger partial charge in [-0.3, -0.25) is 0 Å². The van der Waals surface area contributed by atoms with Gasteiger partial charge in [0, 0.05) is 32.0 Å². The molecule has 1 aliphatic rings. The summed E-state index contributed by atoms with van der Waals surface area (Å²) in [4.78, 5) is 4.23. The highest BCUT2D eigenvalue weighted by molar-refractivity contribution is 5.28. The molecule has 0 aromatic carbocycles. The average Bonchev–Trinajstić information content (AvgIpc) is 2.43. The molecule has 2 rings (SSSR count). The number of hydrogen-bond acceptors (Lipinski definition) is 3. The van der Waals surface area contributed by atoms with Crippen molar-refractivity contribution in [1.82, 2.24) is 14.9 Å². The van der Waals surface area contributed by atoms with Gasteiger partial charge in [-0.1, -0.05) is 0 Å². The van der Waals surface area contributed by atoms with Gasteiger partial charge in [-0.25, -0.2) is 4.98 Å². The summed E-state index contributed by atoms with van der Waals surface area (Å²) in [5, 5.41) is 6.58. The van der Waals surface area contributed by atoms with Crippen molar-refractivity contribution in [2.24, 2.45) is 0 Å². The minimum absolute atomic E-state index is 0.567. The van der Waals surface area contributed by atoms with Crippen molar-refractivity contribution in [2.45, 2.75) is 19.5 Å². The van der Waals surface area contributed by atoms with Crippen LogP contribution < -0.4 is 10.6 Å². The summed E-state index contributed by atoms with van der Waals surface area (Å²) in [5.41, 5.74) is 0. The Labute approximate surface area is 72.0 Å². The van der Waals surface area contributed by atoms with Crippen LogP contribution in [0.15, 0.2) is 12.4 Å². The Bertz CT molecular complexity index is 251. The van der Waals surface area contributed by atoms with Gasteiger partial charge in [0.05, 0.1) is 6.04 Å². The van der Waals surface area contributed by atoms with E-state index in [4.69, 9.17) is 0 Å². The zero-order valence-electron chi connectivity index (χ0n) is 7.25. The molecule has 4 nitrogen and oxygen atoms in total. The van der Waals surface area contributed by atoms with Crippen LogP contribution in [0.3, 0.4) is 0 Å². The number of nitrogens with zero attached hydrogens (tertiary/aromatic N) is 2. The first-order valence-corrected chi connectivity index (χ1v) is 4.38. The van der Waals surface area contributed by atoms with Crippen molar-refractivity contribution in [3.05, 3.63) is 12.4 Å². The van der Waals surface area contributed by atoms with E-state index in [2.05, 4.69) is 27.1 Å². The van der Waals surface area contributed by atoms with E-state index in [0.717, 1.165) is 25.6 Å². The summed E-state index contributed by atoms with van der Waals surface area (Å²) in [7, 11) is 0. The maximum absolute atomic E-state index is 4.23. The molecule has 0 amide bonds. The first kappa shape index (κ1) is 7.61. The predicted molar refractivity (Wildman–Crippen MR) is 48.2 cm³/mol. The van der Waals surface area contributed by atoms with Crippen LogP contribution in [0.2, 0.25) is 0 Å². The minimum atomic E-state index is 0.567. The molecule has 1 fully saturated rings. The summed E-state index contributed by atoms with van der Waals surface area (Å²) >= 11 is 0. The van der Waals surface area contributed by atoms with Gasteiger partial charge in [-0.15, -0.1) is 0 Å². The van der Waals surface area contributed by atoms with Crippen LogP contribution in [0.1, 0.15) is 6.92 Å². The van der Waals surface area contributed by atoms with Crippen LogP contribution in [0.5, 0.6) is 0 Å². The number of imidazole rings is 1. The highest BCUT2D eigenvalue weighted by atomic mass is 15.2. The number of rotatable bonds is 3. The molecule has 2 heterocycles. The number of hydrogen-bond donors (Lipinski definition) is 2. The van der Waals surface area contributed by atoms with Crippen LogP contribution in [0.25, 0.3) is 0 Å². The zero-order valence-corrected chi connectivity index (χ0v) is 7.25. The van der Waals surface area contributed by atoms with E-state index >= 15 is 0 Å². The third-order valence-electron chi connectivity index (χ3n) is 2.17. The Balaban J connectivity index is 2.00. The quantitative estimate of drug-likeness (QED) is 0.678. The first-order valence-electron chi connectivity index (χ1n) is 4.38. The molecule has 0 unspecified atom stereocenters. The SMILES string of the molecule is CCn1ccnc1NC1CNC1. The number of anilines is 1. The van der Waals surface area contributed by atoms with Gasteiger partial charge in [0.15, 0.2) is 0 Å². The maximum Gasteiger partial charge on any atom is 0.203 e. The molecule has 1 aliphatic heterocycles. The van der Waals surface area contributed by atoms with Gasteiger partial charge in [-0.2, -0.15) is 0 Å². The molecular weight excluding hydrogens is 152 g/mol. The Morgan fingerprint density at radius 1 is 1.75 bits per heavy atom. The van der Waals surface area contributed by atoms with Gasteiger partial charge in [-0.05, 0) is 6.92 Å². The molecule has 0 atom stereocenters. The molecule has 0 radical (unpaired) electrons. The molecule has 0 aliphatic carbocycles. The lowest BCUT2D eigenvalue weighted by molar-refractivity contribution is 0.467. The number of nitrogens with one attached hydrogen (secondary N) is 2. The summed E-state index contributed by atoms with van der Waals surface area (Å²) in [6.45, 7) is 5.20. The molecule has 1 aromatic heterocycles. The lowest BCUT2D eigenvalue weighted by Gasteiger charge is -2.28. The van der Waals surface area contributed by atoms with E-state index in [1.54, 1.807) is 0 Å². The predicted octanol–water partition coefficient (Wildman–Crippen LogP) is 0.287. The Morgan fingerprint density at radius 2 is 2.58 bits per heavy atom. The molecule has 0 spiro atoms. The molecule has 0 bridgehead atoms. The van der Waals surface area contributed by atoms with E-state index in [1.165, 1.54) is 0 Å². The fraction of sp³-hybridized carbons (Fsp3) is 0.625. The number of aromatic nitrogens is 2. The van der Waals surface area contributed by atoms with Crippen LogP contribution in [0, 0.1) is 0 Å². The topological polar surface area (TPSA) is 41.9 Å². The van der Waals surface area contributed by atoms with E-state index in [1.807, 2.05) is 12.4 Å². The summed E-state index contributed by atoms with van der Waals surface area (Å²) in [6.07, 6.45) is 3.83. The normalized spacial score (nSPS) is 17.4. The zero-order chi connectivity index (χ0) is 8.39. The minimum Gasteiger partial charge on any atom is -0.350 e. The first-order chi connectivity index (χ1) is 5.90.